The summed E-state index contributed by atoms with van der Waals surface area (Å²) in [6, 6.07) is 0. The van der Waals surface area contributed by atoms with Crippen molar-refractivity contribution < 1.29 is 19.3 Å². The van der Waals surface area contributed by atoms with Crippen LogP contribution in [0.5, 0.6) is 0 Å². The fourth-order valence-corrected chi connectivity index (χ4v) is 1.03. The zero-order valence-electron chi connectivity index (χ0n) is 8.16. The van der Waals surface area contributed by atoms with Crippen molar-refractivity contribution in [1.29, 1.82) is 0 Å². The van der Waals surface area contributed by atoms with Gasteiger partial charge in [-0.1, -0.05) is 6.58 Å². The van der Waals surface area contributed by atoms with Crippen LogP contribution in [0.4, 0.5) is 0 Å². The Morgan fingerprint density at radius 1 is 1.79 bits per heavy atom. The molecule has 0 amide bonds. The molecule has 80 valence electrons. The lowest BCUT2D eigenvalue weighted by Crippen LogP contribution is -2.32. The molecule has 0 fully saturated rings. The zero-order chi connectivity index (χ0) is 10.4. The number of nitrogens with one attached hydrogen (secondary N) is 1. The van der Waals surface area contributed by atoms with Gasteiger partial charge in [0.15, 0.2) is 18.3 Å². The van der Waals surface area contributed by atoms with Crippen molar-refractivity contribution in [3.63, 3.8) is 0 Å². The molecule has 0 bridgehead atoms. The molecule has 0 aliphatic carbocycles. The monoisotopic (exact) mass is 201 g/mol. The molecule has 14 heavy (non-hydrogen) atoms. The molecule has 1 heterocycles. The van der Waals surface area contributed by atoms with Gasteiger partial charge in [-0.2, -0.15) is 0 Å². The normalized spacial score (nSPS) is 22.3. The number of ether oxygens (including phenoxy) is 3. The number of aliphatic hydroxyl groups excluding tert-OH is 1. The summed E-state index contributed by atoms with van der Waals surface area (Å²) in [7, 11) is 1.54. The molecule has 1 atom stereocenters. The molecule has 0 aromatic heterocycles. The highest BCUT2D eigenvalue weighted by Gasteiger charge is 2.15. The van der Waals surface area contributed by atoms with E-state index in [4.69, 9.17) is 19.3 Å². The van der Waals surface area contributed by atoms with Crippen LogP contribution in [0.1, 0.15) is 0 Å². The van der Waals surface area contributed by atoms with Gasteiger partial charge in [-0.15, -0.1) is 0 Å². The fraction of sp³-hybridized carbons (Fsp3) is 0.556. The van der Waals surface area contributed by atoms with Crippen LogP contribution >= 0.6 is 0 Å². The van der Waals surface area contributed by atoms with Crippen LogP contribution in [0.15, 0.2) is 24.2 Å². The Morgan fingerprint density at radius 2 is 2.57 bits per heavy atom. The average Bonchev–Trinajstić information content (AvgIpc) is 2.37. The van der Waals surface area contributed by atoms with E-state index in [1.54, 1.807) is 6.08 Å². The third-order valence-electron chi connectivity index (χ3n) is 1.74. The molecule has 0 aromatic carbocycles. The van der Waals surface area contributed by atoms with Crippen molar-refractivity contribution in [2.45, 2.75) is 6.23 Å². The molecule has 0 aromatic rings. The smallest absolute Gasteiger partial charge is 0.191 e. The molecular weight excluding hydrogens is 186 g/mol. The van der Waals surface area contributed by atoms with Gasteiger partial charge < -0.3 is 19.3 Å². The number of hydrogen-bond donors (Lipinski definition) is 2. The Kier molecular flexibility index (Phi) is 4.45. The van der Waals surface area contributed by atoms with Gasteiger partial charge in [0.05, 0.1) is 13.7 Å². The van der Waals surface area contributed by atoms with Gasteiger partial charge in [0.2, 0.25) is 0 Å². The van der Waals surface area contributed by atoms with E-state index in [-0.39, 0.29) is 19.6 Å². The first-order valence-electron chi connectivity index (χ1n) is 4.31. The minimum absolute atomic E-state index is 0.0534. The SMILES string of the molecule is C=C1OCOC(NCCO)C=C1OC. The summed E-state index contributed by atoms with van der Waals surface area (Å²) in [5, 5.41) is 11.6. The van der Waals surface area contributed by atoms with Crippen molar-refractivity contribution in [2.24, 2.45) is 0 Å². The quantitative estimate of drug-likeness (QED) is 0.667. The first-order valence-corrected chi connectivity index (χ1v) is 4.31. The van der Waals surface area contributed by atoms with Gasteiger partial charge in [-0.25, -0.2) is 0 Å². The van der Waals surface area contributed by atoms with Crippen LogP contribution in [0.25, 0.3) is 0 Å². The third kappa shape index (κ3) is 3.02. The Labute approximate surface area is 83.0 Å². The second-order valence-electron chi connectivity index (χ2n) is 2.69. The predicted octanol–water partition coefficient (Wildman–Crippen LogP) is -0.0573. The summed E-state index contributed by atoms with van der Waals surface area (Å²) >= 11 is 0. The number of rotatable bonds is 4. The molecule has 1 unspecified atom stereocenters. The Bertz CT molecular complexity index is 227. The van der Waals surface area contributed by atoms with E-state index in [2.05, 4.69) is 11.9 Å². The first-order chi connectivity index (χ1) is 6.77. The number of aliphatic hydroxyl groups is 1. The van der Waals surface area contributed by atoms with Crippen LogP contribution in [0, 0.1) is 0 Å². The van der Waals surface area contributed by atoms with E-state index in [1.165, 1.54) is 7.11 Å². The maximum Gasteiger partial charge on any atom is 0.191 e. The van der Waals surface area contributed by atoms with Crippen molar-refractivity contribution in [3.8, 4) is 0 Å². The van der Waals surface area contributed by atoms with E-state index in [0.717, 1.165) is 0 Å². The largest absolute Gasteiger partial charge is 0.493 e. The van der Waals surface area contributed by atoms with E-state index < -0.39 is 0 Å². The van der Waals surface area contributed by atoms with Crippen molar-refractivity contribution in [2.75, 3.05) is 27.1 Å². The summed E-state index contributed by atoms with van der Waals surface area (Å²) in [6.45, 7) is 4.29. The molecule has 2 N–H and O–H groups in total. The molecular formula is C9H15NO4. The Morgan fingerprint density at radius 3 is 3.21 bits per heavy atom. The molecule has 0 radical (unpaired) electrons. The molecule has 0 saturated heterocycles. The lowest BCUT2D eigenvalue weighted by molar-refractivity contribution is -0.0523. The molecule has 1 rings (SSSR count). The second-order valence-corrected chi connectivity index (χ2v) is 2.69. The molecule has 0 spiro atoms. The minimum atomic E-state index is -0.323. The van der Waals surface area contributed by atoms with Crippen LogP contribution in [-0.2, 0) is 14.2 Å². The van der Waals surface area contributed by atoms with Crippen LogP contribution in [0.3, 0.4) is 0 Å². The highest BCUT2D eigenvalue weighted by molar-refractivity contribution is 5.18. The number of methoxy groups -OCH3 is 1. The van der Waals surface area contributed by atoms with Crippen LogP contribution < -0.4 is 5.32 Å². The van der Waals surface area contributed by atoms with E-state index in [9.17, 15) is 0 Å². The van der Waals surface area contributed by atoms with Gasteiger partial charge in [0.1, 0.15) is 6.23 Å². The van der Waals surface area contributed by atoms with E-state index in [1.807, 2.05) is 0 Å². The summed E-state index contributed by atoms with van der Waals surface area (Å²) in [5.74, 6) is 0.985. The average molecular weight is 201 g/mol. The van der Waals surface area contributed by atoms with Crippen LogP contribution in [0.2, 0.25) is 0 Å². The standard InChI is InChI=1S/C9H15NO4/c1-7-8(12-2)5-9(10-3-4-11)14-6-13-7/h5,9-11H,1,3-4,6H2,2H3. The number of hydrogen-bond acceptors (Lipinski definition) is 5. The fourth-order valence-electron chi connectivity index (χ4n) is 1.03. The third-order valence-corrected chi connectivity index (χ3v) is 1.74. The van der Waals surface area contributed by atoms with Gasteiger partial charge in [-0.3, -0.25) is 5.32 Å². The van der Waals surface area contributed by atoms with Crippen molar-refractivity contribution >= 4 is 0 Å². The molecule has 5 nitrogen and oxygen atoms in total. The van der Waals surface area contributed by atoms with Gasteiger partial charge in [-0.05, 0) is 0 Å². The van der Waals surface area contributed by atoms with Gasteiger partial charge >= 0.3 is 0 Å². The van der Waals surface area contributed by atoms with Crippen LogP contribution in [-0.4, -0.2) is 38.4 Å². The second kappa shape index (κ2) is 5.64. The minimum Gasteiger partial charge on any atom is -0.493 e. The predicted molar refractivity (Wildman–Crippen MR) is 50.1 cm³/mol. The summed E-state index contributed by atoms with van der Waals surface area (Å²) in [6.07, 6.45) is 1.39. The lowest BCUT2D eigenvalue weighted by Gasteiger charge is -2.12. The van der Waals surface area contributed by atoms with E-state index >= 15 is 0 Å². The van der Waals surface area contributed by atoms with Crippen molar-refractivity contribution in [3.05, 3.63) is 24.2 Å². The zero-order valence-corrected chi connectivity index (χ0v) is 8.16. The summed E-state index contributed by atoms with van der Waals surface area (Å²) in [5.41, 5.74) is 0. The molecule has 1 aliphatic rings. The maximum absolute atomic E-state index is 8.62. The first kappa shape index (κ1) is 11.0. The highest BCUT2D eigenvalue weighted by atomic mass is 16.7. The lowest BCUT2D eigenvalue weighted by atomic mass is 10.3. The summed E-state index contributed by atoms with van der Waals surface area (Å²) < 4.78 is 15.4. The van der Waals surface area contributed by atoms with Gasteiger partial charge in [0.25, 0.3) is 0 Å². The highest BCUT2D eigenvalue weighted by Crippen LogP contribution is 2.15. The topological polar surface area (TPSA) is 60.0 Å². The molecule has 0 saturated carbocycles. The van der Waals surface area contributed by atoms with Crippen molar-refractivity contribution in [1.82, 2.24) is 5.32 Å². The Balaban J connectivity index is 2.58. The summed E-state index contributed by atoms with van der Waals surface area (Å²) in [4.78, 5) is 0. The van der Waals surface area contributed by atoms with E-state index in [0.29, 0.717) is 18.1 Å². The van der Waals surface area contributed by atoms with Gasteiger partial charge in [0, 0.05) is 12.6 Å². The maximum atomic E-state index is 8.62. The Hall–Kier alpha value is -1.04. The molecule has 1 aliphatic heterocycles. The molecule has 5 heteroatoms.